The Labute approximate surface area is 171 Å². The smallest absolute Gasteiger partial charge is 0.229 e. The van der Waals surface area contributed by atoms with Crippen LogP contribution < -0.4 is 14.9 Å². The molecule has 0 unspecified atom stereocenters. The lowest BCUT2D eigenvalue weighted by atomic mass is 10.2. The Balaban J connectivity index is 1.69. The molecule has 7 nitrogen and oxygen atoms in total. The van der Waals surface area contributed by atoms with Crippen molar-refractivity contribution in [2.24, 2.45) is 4.99 Å². The molecule has 2 N–H and O–H groups in total. The Bertz CT molecular complexity index is 889. The number of thiophene rings is 1. The van der Waals surface area contributed by atoms with Gasteiger partial charge in [0.15, 0.2) is 5.96 Å². The third-order valence-corrected chi connectivity index (χ3v) is 5.96. The van der Waals surface area contributed by atoms with Gasteiger partial charge in [-0.2, -0.15) is 0 Å². The zero-order valence-electron chi connectivity index (χ0n) is 16.3. The first kappa shape index (κ1) is 20.5. The molecule has 1 aliphatic heterocycles. The number of hydrogen-bond donors (Lipinski definition) is 2. The van der Waals surface area contributed by atoms with Crippen LogP contribution in [-0.4, -0.2) is 58.3 Å². The number of benzene rings is 1. The van der Waals surface area contributed by atoms with Crippen LogP contribution in [-0.2, 0) is 16.6 Å². The van der Waals surface area contributed by atoms with Gasteiger partial charge in [0.2, 0.25) is 10.0 Å². The fourth-order valence-electron chi connectivity index (χ4n) is 3.13. The quantitative estimate of drug-likeness (QED) is 0.553. The van der Waals surface area contributed by atoms with Crippen LogP contribution in [0, 0.1) is 0 Å². The molecule has 0 spiro atoms. The van der Waals surface area contributed by atoms with Crippen LogP contribution in [0.4, 0.5) is 10.7 Å². The Morgan fingerprint density at radius 3 is 2.54 bits per heavy atom. The van der Waals surface area contributed by atoms with Crippen LogP contribution in [0.3, 0.4) is 0 Å². The third-order valence-electron chi connectivity index (χ3n) is 4.44. The predicted molar refractivity (Wildman–Crippen MR) is 118 cm³/mol. The Hall–Kier alpha value is -2.26. The van der Waals surface area contributed by atoms with Gasteiger partial charge in [0.1, 0.15) is 0 Å². The van der Waals surface area contributed by atoms with Gasteiger partial charge in [-0.1, -0.05) is 18.2 Å². The van der Waals surface area contributed by atoms with E-state index in [4.69, 9.17) is 4.99 Å². The first-order valence-corrected chi connectivity index (χ1v) is 12.1. The molecule has 1 aliphatic rings. The van der Waals surface area contributed by atoms with Crippen molar-refractivity contribution < 1.29 is 8.42 Å². The molecule has 0 bridgehead atoms. The highest BCUT2D eigenvalue weighted by Gasteiger charge is 2.20. The summed E-state index contributed by atoms with van der Waals surface area (Å²) in [6.45, 7) is 6.95. The second kappa shape index (κ2) is 9.29. The van der Waals surface area contributed by atoms with Gasteiger partial charge in [-0.15, -0.1) is 11.3 Å². The molecule has 1 aromatic carbocycles. The summed E-state index contributed by atoms with van der Waals surface area (Å²) in [6, 6.07) is 11.6. The van der Waals surface area contributed by atoms with Crippen molar-refractivity contribution in [2.45, 2.75) is 13.5 Å². The lowest BCUT2D eigenvalue weighted by Crippen LogP contribution is -2.52. The van der Waals surface area contributed by atoms with Gasteiger partial charge in [0, 0.05) is 32.7 Å². The third kappa shape index (κ3) is 5.62. The maximum atomic E-state index is 11.6. The Kier molecular flexibility index (Phi) is 6.79. The normalized spacial score (nSPS) is 15.6. The van der Waals surface area contributed by atoms with Gasteiger partial charge >= 0.3 is 0 Å². The molecule has 28 heavy (non-hydrogen) atoms. The van der Waals surface area contributed by atoms with Crippen molar-refractivity contribution in [1.29, 1.82) is 0 Å². The molecule has 0 radical (unpaired) electrons. The average molecular weight is 422 g/mol. The van der Waals surface area contributed by atoms with Crippen LogP contribution in [0.1, 0.15) is 12.5 Å². The molecule has 0 saturated carbocycles. The molecular weight excluding hydrogens is 394 g/mol. The zero-order valence-corrected chi connectivity index (χ0v) is 17.9. The summed E-state index contributed by atoms with van der Waals surface area (Å²) < 4.78 is 25.8. The van der Waals surface area contributed by atoms with Crippen molar-refractivity contribution in [1.82, 2.24) is 10.2 Å². The second-order valence-corrected chi connectivity index (χ2v) is 9.30. The highest BCUT2D eigenvalue weighted by Crippen LogP contribution is 2.22. The zero-order chi connectivity index (χ0) is 20.0. The summed E-state index contributed by atoms with van der Waals surface area (Å²) in [5, 5.41) is 6.78. The molecule has 2 heterocycles. The lowest BCUT2D eigenvalue weighted by Gasteiger charge is -2.37. The first-order chi connectivity index (χ1) is 13.5. The molecule has 2 aromatic rings. The highest BCUT2D eigenvalue weighted by atomic mass is 32.2. The predicted octanol–water partition coefficient (Wildman–Crippen LogP) is 2.41. The number of hydrogen-bond acceptors (Lipinski definition) is 5. The van der Waals surface area contributed by atoms with Gasteiger partial charge in [-0.3, -0.25) is 4.72 Å². The van der Waals surface area contributed by atoms with Crippen LogP contribution in [0.2, 0.25) is 0 Å². The number of aliphatic imine (C=N–C) groups is 1. The van der Waals surface area contributed by atoms with E-state index < -0.39 is 10.0 Å². The van der Waals surface area contributed by atoms with Crippen molar-refractivity contribution in [3.63, 3.8) is 0 Å². The summed E-state index contributed by atoms with van der Waals surface area (Å²) >= 11 is 1.77. The fraction of sp³-hybridized carbons (Fsp3) is 0.421. The largest absolute Gasteiger partial charge is 0.360 e. The molecule has 1 saturated heterocycles. The topological polar surface area (TPSA) is 77.0 Å². The molecule has 3 rings (SSSR count). The number of guanidine groups is 1. The summed E-state index contributed by atoms with van der Waals surface area (Å²) in [5.74, 6) is 0.863. The van der Waals surface area contributed by atoms with Crippen molar-refractivity contribution in [3.05, 3.63) is 47.3 Å². The number of piperazine rings is 1. The van der Waals surface area contributed by atoms with Crippen molar-refractivity contribution in [2.75, 3.05) is 48.6 Å². The number of sulfonamides is 1. The minimum atomic E-state index is -3.33. The molecule has 9 heteroatoms. The number of anilines is 2. The van der Waals surface area contributed by atoms with E-state index in [1.807, 2.05) is 18.2 Å². The highest BCUT2D eigenvalue weighted by molar-refractivity contribution is 7.92. The maximum absolute atomic E-state index is 11.6. The van der Waals surface area contributed by atoms with Crippen LogP contribution in [0.25, 0.3) is 0 Å². The Morgan fingerprint density at radius 2 is 1.89 bits per heavy atom. The number of nitrogens with one attached hydrogen (secondary N) is 2. The summed E-state index contributed by atoms with van der Waals surface area (Å²) in [7, 11) is -3.33. The van der Waals surface area contributed by atoms with E-state index in [1.54, 1.807) is 17.4 Å². The van der Waals surface area contributed by atoms with Crippen LogP contribution >= 0.6 is 11.3 Å². The molecule has 0 aliphatic carbocycles. The van der Waals surface area contributed by atoms with E-state index in [2.05, 4.69) is 44.3 Å². The van der Waals surface area contributed by atoms with Crippen molar-refractivity contribution >= 4 is 38.0 Å². The number of nitrogens with zero attached hydrogens (tertiary/aromatic N) is 3. The minimum absolute atomic E-state index is 0.409. The number of rotatable bonds is 6. The second-order valence-electron chi connectivity index (χ2n) is 6.63. The SMILES string of the molecule is CCNC(=NCc1ccccc1NS(C)(=O)=O)N1CCN(c2cccs2)CC1. The van der Waals surface area contributed by atoms with E-state index in [9.17, 15) is 8.42 Å². The number of para-hydroxylation sites is 1. The first-order valence-electron chi connectivity index (χ1n) is 9.33. The van der Waals surface area contributed by atoms with Crippen LogP contribution in [0.15, 0.2) is 46.8 Å². The van der Waals surface area contributed by atoms with E-state index >= 15 is 0 Å². The van der Waals surface area contributed by atoms with Gasteiger partial charge in [0.05, 0.1) is 23.5 Å². The Morgan fingerprint density at radius 1 is 1.14 bits per heavy atom. The molecule has 1 aromatic heterocycles. The summed E-state index contributed by atoms with van der Waals surface area (Å²) in [5.41, 5.74) is 1.42. The van der Waals surface area contributed by atoms with Crippen molar-refractivity contribution in [3.8, 4) is 0 Å². The molecule has 1 fully saturated rings. The molecule has 152 valence electrons. The van der Waals surface area contributed by atoms with Gasteiger partial charge in [-0.25, -0.2) is 13.4 Å². The standard InChI is InChI=1S/C19H27N5O2S2/c1-3-20-19(24-12-10-23(11-13-24)18-9-6-14-27-18)21-15-16-7-4-5-8-17(16)22-28(2,25)26/h4-9,14,22H,3,10-13,15H2,1-2H3,(H,20,21). The maximum Gasteiger partial charge on any atom is 0.229 e. The van der Waals surface area contributed by atoms with Crippen LogP contribution in [0.5, 0.6) is 0 Å². The molecule has 0 amide bonds. The average Bonchev–Trinajstić information content (AvgIpc) is 3.20. The monoisotopic (exact) mass is 421 g/mol. The van der Waals surface area contributed by atoms with E-state index in [-0.39, 0.29) is 0 Å². The lowest BCUT2D eigenvalue weighted by molar-refractivity contribution is 0.373. The van der Waals surface area contributed by atoms with E-state index in [0.717, 1.165) is 50.5 Å². The summed E-state index contributed by atoms with van der Waals surface area (Å²) in [4.78, 5) is 9.43. The van der Waals surface area contributed by atoms with E-state index in [1.165, 1.54) is 5.00 Å². The molecular formula is C19H27N5O2S2. The fourth-order valence-corrected chi connectivity index (χ4v) is 4.52. The van der Waals surface area contributed by atoms with Gasteiger partial charge in [-0.05, 0) is 36.1 Å². The van der Waals surface area contributed by atoms with Gasteiger partial charge < -0.3 is 15.1 Å². The minimum Gasteiger partial charge on any atom is -0.360 e. The van der Waals surface area contributed by atoms with Gasteiger partial charge in [0.25, 0.3) is 0 Å². The summed E-state index contributed by atoms with van der Waals surface area (Å²) in [6.07, 6.45) is 1.16. The molecule has 0 atom stereocenters. The van der Waals surface area contributed by atoms with E-state index in [0.29, 0.717) is 12.2 Å².